The minimum absolute atomic E-state index is 0. The quantitative estimate of drug-likeness (QED) is 0.355. The van der Waals surface area contributed by atoms with Crippen LogP contribution >= 0.6 is 0 Å². The molecule has 0 aliphatic heterocycles. The van der Waals surface area contributed by atoms with Crippen LogP contribution in [0.3, 0.4) is 0 Å². The smallest absolute Gasteiger partial charge is 1.00 e. The SMILES string of the molecule is CCC[CH2][Ge+2][CH2]CCC.[Cl-].[Cl-]. The second-order valence-corrected chi connectivity index (χ2v) is 5.60. The molecular formula is C8H18Cl2Ge. The van der Waals surface area contributed by atoms with Crippen molar-refractivity contribution in [3.8, 4) is 0 Å². The van der Waals surface area contributed by atoms with E-state index in [4.69, 9.17) is 0 Å². The Kier molecular flexibility index (Phi) is 28.3. The first kappa shape index (κ1) is 18.0. The van der Waals surface area contributed by atoms with Crippen molar-refractivity contribution in [3.63, 3.8) is 0 Å². The molecule has 0 aromatic rings. The Labute approximate surface area is 90.2 Å². The van der Waals surface area contributed by atoms with Gasteiger partial charge in [-0.05, 0) is 0 Å². The molecule has 68 valence electrons. The van der Waals surface area contributed by atoms with Gasteiger partial charge in [0.25, 0.3) is 0 Å². The summed E-state index contributed by atoms with van der Waals surface area (Å²) in [5.41, 5.74) is 0. The van der Waals surface area contributed by atoms with Crippen LogP contribution in [0.5, 0.6) is 0 Å². The van der Waals surface area contributed by atoms with E-state index in [0.29, 0.717) is 15.4 Å². The fraction of sp³-hybridized carbons (Fsp3) is 1.00. The van der Waals surface area contributed by atoms with E-state index in [1.807, 2.05) is 0 Å². The first-order chi connectivity index (χ1) is 4.41. The summed E-state index contributed by atoms with van der Waals surface area (Å²) in [4.78, 5) is 0. The van der Waals surface area contributed by atoms with E-state index < -0.39 is 0 Å². The Hall–Kier alpha value is 1.12. The van der Waals surface area contributed by atoms with Crippen LogP contribution < -0.4 is 24.8 Å². The van der Waals surface area contributed by atoms with Gasteiger partial charge >= 0.3 is 65.5 Å². The number of hydrogen-bond donors (Lipinski definition) is 0. The molecule has 0 saturated heterocycles. The van der Waals surface area contributed by atoms with Gasteiger partial charge in [-0.3, -0.25) is 0 Å². The van der Waals surface area contributed by atoms with Crippen LogP contribution in [0.15, 0.2) is 0 Å². The zero-order chi connectivity index (χ0) is 6.95. The summed E-state index contributed by atoms with van der Waals surface area (Å²) in [6.07, 6.45) is 5.78. The van der Waals surface area contributed by atoms with Crippen molar-refractivity contribution < 1.29 is 24.8 Å². The summed E-state index contributed by atoms with van der Waals surface area (Å²) in [6, 6.07) is 0. The van der Waals surface area contributed by atoms with E-state index in [9.17, 15) is 0 Å². The fourth-order valence-corrected chi connectivity index (χ4v) is 3.79. The molecule has 0 N–H and O–H groups in total. The summed E-state index contributed by atoms with van der Waals surface area (Å²) in [6.45, 7) is 4.57. The number of hydrogen-bond acceptors (Lipinski definition) is 0. The van der Waals surface area contributed by atoms with Gasteiger partial charge in [0.15, 0.2) is 0 Å². The summed E-state index contributed by atoms with van der Waals surface area (Å²) < 4.78 is 0. The molecule has 11 heavy (non-hydrogen) atoms. The first-order valence-corrected chi connectivity index (χ1v) is 7.09. The van der Waals surface area contributed by atoms with Crippen LogP contribution in [-0.4, -0.2) is 15.4 Å². The Morgan fingerprint density at radius 2 is 1.18 bits per heavy atom. The third kappa shape index (κ3) is 18.2. The molecule has 0 amide bonds. The first-order valence-electron chi connectivity index (χ1n) is 4.12. The maximum Gasteiger partial charge on any atom is -1.00 e. The summed E-state index contributed by atoms with van der Waals surface area (Å²) in [7, 11) is 0. The van der Waals surface area contributed by atoms with Gasteiger partial charge in [-0.2, -0.15) is 0 Å². The molecule has 0 nitrogen and oxygen atoms in total. The topological polar surface area (TPSA) is 0 Å². The van der Waals surface area contributed by atoms with Gasteiger partial charge in [0.05, 0.1) is 0 Å². The molecule has 3 heteroatoms. The molecule has 0 fully saturated rings. The fourth-order valence-electron chi connectivity index (χ4n) is 0.729. The third-order valence-electron chi connectivity index (χ3n) is 1.41. The molecule has 0 aliphatic rings. The molecule has 0 spiro atoms. The van der Waals surface area contributed by atoms with Crippen LogP contribution in [-0.2, 0) is 0 Å². The standard InChI is InChI=1S/C8H18Ge.2ClH/c1-3-5-7-9-8-6-4-2;;/h3-8H2,1-2H3;2*1H/q+2;;/p-2. The molecule has 0 bridgehead atoms. The zero-order valence-corrected chi connectivity index (χ0v) is 11.1. The average molecular weight is 258 g/mol. The van der Waals surface area contributed by atoms with Gasteiger partial charge in [-0.15, -0.1) is 0 Å². The average Bonchev–Trinajstić information content (AvgIpc) is 1.89. The maximum atomic E-state index is 2.28. The van der Waals surface area contributed by atoms with Crippen LogP contribution in [0.25, 0.3) is 0 Å². The van der Waals surface area contributed by atoms with Crippen molar-refractivity contribution in [2.24, 2.45) is 0 Å². The molecule has 0 rings (SSSR count). The van der Waals surface area contributed by atoms with Crippen LogP contribution in [0, 0.1) is 0 Å². The van der Waals surface area contributed by atoms with Crippen LogP contribution in [0.1, 0.15) is 39.5 Å². The van der Waals surface area contributed by atoms with Crippen LogP contribution in [0.4, 0.5) is 0 Å². The van der Waals surface area contributed by atoms with Crippen molar-refractivity contribution in [3.05, 3.63) is 0 Å². The summed E-state index contributed by atoms with van der Waals surface area (Å²) in [5, 5.41) is 3.16. The van der Waals surface area contributed by atoms with E-state index in [1.165, 1.54) is 25.7 Å². The summed E-state index contributed by atoms with van der Waals surface area (Å²) >= 11 is 0.496. The second-order valence-electron chi connectivity index (χ2n) is 2.46. The number of halogens is 2. The van der Waals surface area contributed by atoms with Gasteiger partial charge in [-0.25, -0.2) is 0 Å². The molecule has 0 atom stereocenters. The molecule has 0 saturated carbocycles. The Bertz CT molecular complexity index is 45.4. The minimum Gasteiger partial charge on any atom is -1.00 e. The summed E-state index contributed by atoms with van der Waals surface area (Å²) in [5.74, 6) is 0. The van der Waals surface area contributed by atoms with Crippen molar-refractivity contribution in [2.45, 2.75) is 50.0 Å². The number of unbranched alkanes of at least 4 members (excludes halogenated alkanes) is 2. The van der Waals surface area contributed by atoms with Crippen molar-refractivity contribution in [1.82, 2.24) is 0 Å². The van der Waals surface area contributed by atoms with Crippen molar-refractivity contribution in [1.29, 1.82) is 0 Å². The number of rotatable bonds is 6. The Balaban J connectivity index is -0.000000320. The van der Waals surface area contributed by atoms with Crippen LogP contribution in [0.2, 0.25) is 10.5 Å². The molecule has 0 aromatic heterocycles. The molecular weight excluding hydrogens is 240 g/mol. The largest absolute Gasteiger partial charge is 1.00 e. The molecule has 0 unspecified atom stereocenters. The van der Waals surface area contributed by atoms with Crippen molar-refractivity contribution in [2.75, 3.05) is 0 Å². The van der Waals surface area contributed by atoms with Gasteiger partial charge in [-0.1, -0.05) is 0 Å². The monoisotopic (exact) mass is 258 g/mol. The minimum atomic E-state index is 0. The molecule has 0 aliphatic carbocycles. The van der Waals surface area contributed by atoms with E-state index in [0.717, 1.165) is 0 Å². The molecule has 0 heterocycles. The van der Waals surface area contributed by atoms with E-state index in [1.54, 1.807) is 10.5 Å². The maximum absolute atomic E-state index is 2.28. The normalized spacial score (nSPS) is 7.45. The Morgan fingerprint density at radius 1 is 0.818 bits per heavy atom. The van der Waals surface area contributed by atoms with E-state index >= 15 is 0 Å². The zero-order valence-electron chi connectivity index (χ0n) is 7.50. The van der Waals surface area contributed by atoms with Gasteiger partial charge in [0.1, 0.15) is 0 Å². The predicted octanol–water partition coefficient (Wildman–Crippen LogP) is -2.86. The predicted molar refractivity (Wildman–Crippen MR) is 45.2 cm³/mol. The second kappa shape index (κ2) is 17.3. The van der Waals surface area contributed by atoms with Gasteiger partial charge < -0.3 is 24.8 Å². The molecule has 0 radical (unpaired) electrons. The third-order valence-corrected chi connectivity index (χ3v) is 4.38. The van der Waals surface area contributed by atoms with E-state index in [2.05, 4.69) is 13.8 Å². The van der Waals surface area contributed by atoms with E-state index in [-0.39, 0.29) is 24.8 Å². The molecule has 0 aromatic carbocycles. The van der Waals surface area contributed by atoms with Crippen molar-refractivity contribution >= 4 is 15.4 Å². The van der Waals surface area contributed by atoms with Gasteiger partial charge in [0.2, 0.25) is 0 Å². The van der Waals surface area contributed by atoms with Gasteiger partial charge in [0, 0.05) is 0 Å². The Morgan fingerprint density at radius 3 is 1.45 bits per heavy atom.